The number of benzene rings is 1. The summed E-state index contributed by atoms with van der Waals surface area (Å²) in [6.45, 7) is 2.05. The van der Waals surface area contributed by atoms with Crippen LogP contribution in [0.1, 0.15) is 41.7 Å². The molecule has 3 aromatic rings. The minimum atomic E-state index is -0.450. The summed E-state index contributed by atoms with van der Waals surface area (Å²) in [5.41, 5.74) is 2.94. The molecule has 0 radical (unpaired) electrons. The molecule has 0 atom stereocenters. The number of aromatic nitrogens is 3. The zero-order chi connectivity index (χ0) is 18.4. The number of hydrogen-bond acceptors (Lipinski definition) is 4. The van der Waals surface area contributed by atoms with E-state index in [4.69, 9.17) is 4.74 Å². The van der Waals surface area contributed by atoms with Crippen LogP contribution in [0.15, 0.2) is 28.7 Å². The maximum absolute atomic E-state index is 14.4. The number of nitrogens with zero attached hydrogens (tertiary/aromatic N) is 3. The molecule has 0 aliphatic heterocycles. The Balaban J connectivity index is 1.93. The van der Waals surface area contributed by atoms with Crippen LogP contribution in [0.4, 0.5) is 4.39 Å². The van der Waals surface area contributed by atoms with E-state index < -0.39 is 5.97 Å². The number of aryl methyl sites for hydroxylation is 1. The Morgan fingerprint density at radius 2 is 2.12 bits per heavy atom. The van der Waals surface area contributed by atoms with Crippen LogP contribution in [-0.2, 0) is 11.8 Å². The second-order valence-corrected chi connectivity index (χ2v) is 7.30. The van der Waals surface area contributed by atoms with Crippen LogP contribution in [0.2, 0.25) is 0 Å². The van der Waals surface area contributed by atoms with E-state index in [1.54, 1.807) is 36.7 Å². The highest BCUT2D eigenvalue weighted by molar-refractivity contribution is 9.10. The fourth-order valence-electron chi connectivity index (χ4n) is 3.10. The molecule has 0 spiro atoms. The Hall–Kier alpha value is -2.28. The summed E-state index contributed by atoms with van der Waals surface area (Å²) >= 11 is 3.27. The van der Waals surface area contributed by atoms with Gasteiger partial charge in [0.05, 0.1) is 12.2 Å². The molecular formula is C19H17BrFN3O2. The van der Waals surface area contributed by atoms with Crippen molar-refractivity contribution < 1.29 is 13.9 Å². The van der Waals surface area contributed by atoms with Gasteiger partial charge in [-0.25, -0.2) is 19.2 Å². The van der Waals surface area contributed by atoms with Crippen LogP contribution >= 0.6 is 15.9 Å². The first-order valence-corrected chi connectivity index (χ1v) is 9.28. The third kappa shape index (κ3) is 2.90. The van der Waals surface area contributed by atoms with Crippen molar-refractivity contribution in [3.05, 3.63) is 45.8 Å². The molecule has 0 saturated heterocycles. The van der Waals surface area contributed by atoms with Gasteiger partial charge in [-0.15, -0.1) is 0 Å². The first-order valence-electron chi connectivity index (χ1n) is 8.49. The van der Waals surface area contributed by atoms with Gasteiger partial charge in [-0.2, -0.15) is 0 Å². The Bertz CT molecular complexity index is 1030. The van der Waals surface area contributed by atoms with Crippen LogP contribution < -0.4 is 0 Å². The van der Waals surface area contributed by atoms with Crippen LogP contribution in [0, 0.1) is 5.82 Å². The van der Waals surface area contributed by atoms with Gasteiger partial charge in [-0.05, 0) is 55.5 Å². The molecule has 7 heteroatoms. The minimum absolute atomic E-state index is 0.270. The van der Waals surface area contributed by atoms with Gasteiger partial charge >= 0.3 is 5.97 Å². The smallest absolute Gasteiger partial charge is 0.357 e. The van der Waals surface area contributed by atoms with Crippen LogP contribution in [-0.4, -0.2) is 27.1 Å². The number of esters is 1. The van der Waals surface area contributed by atoms with Gasteiger partial charge in [0.2, 0.25) is 0 Å². The van der Waals surface area contributed by atoms with Crippen molar-refractivity contribution in [1.82, 2.24) is 14.5 Å². The number of carbonyl (C=O) groups excluding carboxylic acids is 1. The minimum Gasteiger partial charge on any atom is -0.461 e. The lowest BCUT2D eigenvalue weighted by Gasteiger charge is -2.06. The Morgan fingerprint density at radius 3 is 2.77 bits per heavy atom. The first-order chi connectivity index (χ1) is 12.5. The van der Waals surface area contributed by atoms with Crippen molar-refractivity contribution >= 4 is 33.1 Å². The number of halogens is 2. The molecule has 134 valence electrons. The summed E-state index contributed by atoms with van der Waals surface area (Å²) in [5.74, 6) is 0.0387. The van der Waals surface area contributed by atoms with Gasteiger partial charge in [0.25, 0.3) is 0 Å². The monoisotopic (exact) mass is 417 g/mol. The van der Waals surface area contributed by atoms with E-state index in [1.165, 1.54) is 6.07 Å². The van der Waals surface area contributed by atoms with Crippen LogP contribution in [0.5, 0.6) is 0 Å². The SMILES string of the molecule is CCOC(=O)c1cc(C2CC2)c2nc(-c3ccc(Br)cc3F)n(C)c2n1. The Labute approximate surface area is 158 Å². The molecule has 26 heavy (non-hydrogen) atoms. The average Bonchev–Trinajstić information content (AvgIpc) is 3.40. The predicted molar refractivity (Wildman–Crippen MR) is 99.5 cm³/mol. The molecule has 5 nitrogen and oxygen atoms in total. The summed E-state index contributed by atoms with van der Waals surface area (Å²) in [6.07, 6.45) is 2.11. The number of hydrogen-bond donors (Lipinski definition) is 0. The number of pyridine rings is 1. The highest BCUT2D eigenvalue weighted by atomic mass is 79.9. The molecule has 1 saturated carbocycles. The lowest BCUT2D eigenvalue weighted by molar-refractivity contribution is 0.0519. The maximum atomic E-state index is 14.4. The van der Waals surface area contributed by atoms with E-state index in [-0.39, 0.29) is 18.1 Å². The van der Waals surface area contributed by atoms with E-state index in [1.807, 2.05) is 0 Å². The quantitative estimate of drug-likeness (QED) is 0.582. The van der Waals surface area contributed by atoms with Gasteiger partial charge in [-0.3, -0.25) is 0 Å². The molecule has 0 N–H and O–H groups in total. The summed E-state index contributed by atoms with van der Waals surface area (Å²) < 4.78 is 21.9. The number of fused-ring (bicyclic) bond motifs is 1. The molecule has 0 unspecified atom stereocenters. The lowest BCUT2D eigenvalue weighted by atomic mass is 10.1. The topological polar surface area (TPSA) is 57.0 Å². The van der Waals surface area contributed by atoms with Crippen molar-refractivity contribution in [1.29, 1.82) is 0 Å². The van der Waals surface area contributed by atoms with Crippen molar-refractivity contribution in [2.75, 3.05) is 6.61 Å². The summed E-state index contributed by atoms with van der Waals surface area (Å²) in [7, 11) is 1.78. The highest BCUT2D eigenvalue weighted by Crippen LogP contribution is 2.43. The fourth-order valence-corrected chi connectivity index (χ4v) is 3.43. The zero-order valence-corrected chi connectivity index (χ0v) is 16.0. The third-order valence-electron chi connectivity index (χ3n) is 4.53. The fraction of sp³-hybridized carbons (Fsp3) is 0.316. The predicted octanol–water partition coefficient (Wildman–Crippen LogP) is 4.59. The molecule has 0 bridgehead atoms. The maximum Gasteiger partial charge on any atom is 0.357 e. The van der Waals surface area contributed by atoms with Crippen LogP contribution in [0.25, 0.3) is 22.6 Å². The molecule has 1 aliphatic carbocycles. The van der Waals surface area contributed by atoms with E-state index in [9.17, 15) is 9.18 Å². The van der Waals surface area contributed by atoms with E-state index in [0.29, 0.717) is 27.4 Å². The summed E-state index contributed by atoms with van der Waals surface area (Å²) in [4.78, 5) is 21.3. The van der Waals surface area contributed by atoms with Crippen molar-refractivity contribution in [3.8, 4) is 11.4 Å². The lowest BCUT2D eigenvalue weighted by Crippen LogP contribution is -2.09. The molecule has 0 amide bonds. The summed E-state index contributed by atoms with van der Waals surface area (Å²) in [6, 6.07) is 6.64. The number of carbonyl (C=O) groups is 1. The van der Waals surface area contributed by atoms with E-state index >= 15 is 0 Å². The second-order valence-electron chi connectivity index (χ2n) is 6.38. The van der Waals surface area contributed by atoms with E-state index in [0.717, 1.165) is 23.9 Å². The van der Waals surface area contributed by atoms with Crippen molar-refractivity contribution in [3.63, 3.8) is 0 Å². The average molecular weight is 418 g/mol. The molecular weight excluding hydrogens is 401 g/mol. The van der Waals surface area contributed by atoms with Gasteiger partial charge in [0, 0.05) is 11.5 Å². The third-order valence-corrected chi connectivity index (χ3v) is 5.02. The highest BCUT2D eigenvalue weighted by Gasteiger charge is 2.30. The number of ether oxygens (including phenoxy) is 1. The molecule has 1 aromatic carbocycles. The Kier molecular flexibility index (Phi) is 4.26. The van der Waals surface area contributed by atoms with Gasteiger partial charge in [-0.1, -0.05) is 15.9 Å². The Morgan fingerprint density at radius 1 is 1.35 bits per heavy atom. The molecule has 4 rings (SSSR count). The van der Waals surface area contributed by atoms with Gasteiger partial charge in [0.1, 0.15) is 17.2 Å². The molecule has 1 aliphatic rings. The summed E-state index contributed by atoms with van der Waals surface area (Å²) in [5, 5.41) is 0. The molecule has 2 aromatic heterocycles. The normalized spacial score (nSPS) is 14.0. The van der Waals surface area contributed by atoms with Crippen LogP contribution in [0.3, 0.4) is 0 Å². The first kappa shape index (κ1) is 17.1. The number of rotatable bonds is 4. The van der Waals surface area contributed by atoms with Gasteiger partial charge in [0.15, 0.2) is 11.3 Å². The second kappa shape index (κ2) is 6.46. The van der Waals surface area contributed by atoms with E-state index in [2.05, 4.69) is 25.9 Å². The van der Waals surface area contributed by atoms with Crippen molar-refractivity contribution in [2.45, 2.75) is 25.7 Å². The van der Waals surface area contributed by atoms with Crippen molar-refractivity contribution in [2.24, 2.45) is 7.05 Å². The molecule has 1 fully saturated rings. The largest absolute Gasteiger partial charge is 0.461 e. The van der Waals surface area contributed by atoms with Gasteiger partial charge < -0.3 is 9.30 Å². The zero-order valence-electron chi connectivity index (χ0n) is 14.4. The molecule has 2 heterocycles. The standard InChI is InChI=1S/C19H17BrFN3O2/c1-3-26-19(25)15-9-13(10-4-5-10)16-18(22-15)24(2)17(23-16)12-7-6-11(20)8-14(12)21/h6-10H,3-5H2,1-2H3. The number of imidazole rings is 1.